The number of aliphatic hydroxyl groups excluding tert-OH is 5. The van der Waals surface area contributed by atoms with Crippen molar-refractivity contribution >= 4 is 57.7 Å². The van der Waals surface area contributed by atoms with Crippen LogP contribution in [-0.4, -0.2) is 136 Å². The Balaban J connectivity index is 1.56. The van der Waals surface area contributed by atoms with Gasteiger partial charge in [0.2, 0.25) is 6.61 Å². The topological polar surface area (TPSA) is 281 Å². The smallest absolute Gasteiger partial charge is 0.352 e. The van der Waals surface area contributed by atoms with E-state index >= 15 is 0 Å². The highest BCUT2D eigenvalue weighted by Gasteiger charge is 2.55. The van der Waals surface area contributed by atoms with Crippen molar-refractivity contribution in [1.29, 1.82) is 0 Å². The van der Waals surface area contributed by atoms with Gasteiger partial charge < -0.3 is 56.0 Å². The molecule has 0 unspecified atom stereocenters. The molecule has 42 heavy (non-hydrogen) atoms. The van der Waals surface area contributed by atoms with E-state index in [0.29, 0.717) is 5.57 Å². The Morgan fingerprint density at radius 3 is 2.60 bits per heavy atom. The van der Waals surface area contributed by atoms with Gasteiger partial charge in [-0.05, 0) is 5.57 Å². The van der Waals surface area contributed by atoms with Gasteiger partial charge >= 0.3 is 11.9 Å². The Morgan fingerprint density at radius 1 is 1.26 bits per heavy atom. The number of nitrogens with zero attached hydrogens (tertiary/aromatic N) is 3. The van der Waals surface area contributed by atoms with Gasteiger partial charge in [0.1, 0.15) is 41.1 Å². The molecule has 0 bridgehead atoms. The van der Waals surface area contributed by atoms with Crippen LogP contribution < -0.4 is 10.6 Å². The largest absolute Gasteiger partial charge is 0.479 e. The Labute approximate surface area is 243 Å². The number of aliphatic carboxylic acids is 2. The number of rotatable bonds is 11. The van der Waals surface area contributed by atoms with Gasteiger partial charge in [0.25, 0.3) is 11.8 Å². The van der Waals surface area contributed by atoms with Gasteiger partial charge in [-0.1, -0.05) is 17.8 Å². The second-order valence-electron chi connectivity index (χ2n) is 9.00. The molecule has 2 saturated heterocycles. The van der Waals surface area contributed by atoms with Crippen molar-refractivity contribution in [2.45, 2.75) is 41.7 Å². The molecule has 0 saturated carbocycles. The summed E-state index contributed by atoms with van der Waals surface area (Å²) < 4.78 is 5.11. The third-order valence-corrected chi connectivity index (χ3v) is 8.43. The summed E-state index contributed by atoms with van der Waals surface area (Å²) in [6, 6.07) is -1.18. The molecule has 0 aromatic carbocycles. The SMILES string of the molecule is C=CC1=C(C(=O)O)N2C(=O)[C@@H](NC(=O)/C(=N\OCC(=O)O)c3csc(N[C@]4(CO)O[C@H](O)[C@H](O)[C@@H](O)[C@@H]4O)n3)[C@H]2SC1. The number of carbonyl (C=O) groups is 4. The van der Waals surface area contributed by atoms with Crippen LogP contribution in [0.15, 0.2) is 34.5 Å². The number of oxime groups is 1. The van der Waals surface area contributed by atoms with Crippen LogP contribution in [0.1, 0.15) is 5.69 Å². The lowest BCUT2D eigenvalue weighted by atomic mass is 9.94. The van der Waals surface area contributed by atoms with Crippen LogP contribution >= 0.6 is 23.1 Å². The summed E-state index contributed by atoms with van der Waals surface area (Å²) in [6.45, 7) is 1.60. The maximum Gasteiger partial charge on any atom is 0.352 e. The van der Waals surface area contributed by atoms with E-state index in [0.717, 1.165) is 16.2 Å². The highest BCUT2D eigenvalue weighted by Crippen LogP contribution is 2.40. The fraction of sp³-hybridized carbons (Fsp3) is 0.455. The van der Waals surface area contributed by atoms with E-state index in [9.17, 15) is 49.8 Å². The van der Waals surface area contributed by atoms with E-state index in [2.05, 4.69) is 27.4 Å². The molecule has 3 aliphatic heterocycles. The molecule has 1 aromatic rings. The molecule has 18 nitrogen and oxygen atoms in total. The first-order valence-electron chi connectivity index (χ1n) is 11.9. The summed E-state index contributed by atoms with van der Waals surface area (Å²) in [6.07, 6.45) is -6.47. The summed E-state index contributed by atoms with van der Waals surface area (Å²) in [5.41, 5.74) is -2.99. The summed E-state index contributed by atoms with van der Waals surface area (Å²) in [5, 5.41) is 77.2. The second kappa shape index (κ2) is 12.3. The maximum absolute atomic E-state index is 13.2. The Hall–Kier alpha value is -3.63. The average Bonchev–Trinajstić information content (AvgIpc) is 3.41. The quantitative estimate of drug-likeness (QED) is 0.0648. The number of thioether (sulfide) groups is 1. The zero-order chi connectivity index (χ0) is 30.9. The number of hydrogen-bond acceptors (Lipinski definition) is 16. The fourth-order valence-corrected chi connectivity index (χ4v) is 6.36. The van der Waals surface area contributed by atoms with Gasteiger partial charge in [-0.2, -0.15) is 0 Å². The van der Waals surface area contributed by atoms with Crippen molar-refractivity contribution in [3.05, 3.63) is 35.0 Å². The molecule has 2 amide bonds. The molecule has 9 N–H and O–H groups in total. The number of nitrogens with one attached hydrogen (secondary N) is 2. The van der Waals surface area contributed by atoms with E-state index in [1.165, 1.54) is 23.2 Å². The summed E-state index contributed by atoms with van der Waals surface area (Å²) in [7, 11) is 0. The molecular weight excluding hydrogens is 606 g/mol. The van der Waals surface area contributed by atoms with Crippen molar-refractivity contribution in [1.82, 2.24) is 15.2 Å². The Morgan fingerprint density at radius 2 is 1.98 bits per heavy atom. The number of aliphatic hydroxyl groups is 5. The Bertz CT molecular complexity index is 1350. The predicted octanol–water partition coefficient (Wildman–Crippen LogP) is -3.60. The highest BCUT2D eigenvalue weighted by molar-refractivity contribution is 8.00. The molecule has 2 fully saturated rings. The minimum Gasteiger partial charge on any atom is -0.479 e. The van der Waals surface area contributed by atoms with E-state index in [1.54, 1.807) is 0 Å². The zero-order valence-electron chi connectivity index (χ0n) is 21.2. The zero-order valence-corrected chi connectivity index (χ0v) is 22.8. The van der Waals surface area contributed by atoms with Crippen LogP contribution in [0, 0.1) is 0 Å². The maximum atomic E-state index is 13.2. The first-order valence-corrected chi connectivity index (χ1v) is 13.8. The number of amides is 2. The number of carbonyl (C=O) groups excluding carboxylic acids is 2. The molecule has 7 atom stereocenters. The molecule has 3 aliphatic rings. The van der Waals surface area contributed by atoms with Crippen molar-refractivity contribution in [3.63, 3.8) is 0 Å². The van der Waals surface area contributed by atoms with Crippen LogP contribution in [0.2, 0.25) is 0 Å². The van der Waals surface area contributed by atoms with Gasteiger partial charge in [-0.25, -0.2) is 14.6 Å². The molecule has 1 aromatic heterocycles. The number of hydrogen-bond donors (Lipinski definition) is 9. The summed E-state index contributed by atoms with van der Waals surface area (Å²) >= 11 is 1.95. The van der Waals surface area contributed by atoms with Crippen LogP contribution in [0.5, 0.6) is 0 Å². The minimum absolute atomic E-state index is 0.158. The minimum atomic E-state index is -2.24. The molecule has 0 spiro atoms. The van der Waals surface area contributed by atoms with Crippen molar-refractivity contribution in [3.8, 4) is 0 Å². The van der Waals surface area contributed by atoms with Gasteiger partial charge in [-0.15, -0.1) is 23.1 Å². The van der Waals surface area contributed by atoms with Gasteiger partial charge in [-0.3, -0.25) is 14.5 Å². The first-order chi connectivity index (χ1) is 19.8. The van der Waals surface area contributed by atoms with Gasteiger partial charge in [0.05, 0.1) is 6.61 Å². The number of allylic oxidation sites excluding steroid dienone is 1. The predicted molar refractivity (Wildman–Crippen MR) is 141 cm³/mol. The lowest BCUT2D eigenvalue weighted by Gasteiger charge is -2.49. The number of thiazole rings is 1. The molecule has 4 rings (SSSR count). The molecule has 20 heteroatoms. The van der Waals surface area contributed by atoms with Crippen molar-refractivity contribution in [2.75, 3.05) is 24.3 Å². The molecular formula is C22H25N5O13S2. The summed E-state index contributed by atoms with van der Waals surface area (Å²) in [4.78, 5) is 58.5. The Kier molecular flexibility index (Phi) is 9.18. The lowest BCUT2D eigenvalue weighted by Crippen LogP contribution is -2.71. The van der Waals surface area contributed by atoms with Crippen LogP contribution in [0.3, 0.4) is 0 Å². The third-order valence-electron chi connectivity index (χ3n) is 6.37. The number of carboxylic acids is 2. The fourth-order valence-electron chi connectivity index (χ4n) is 4.25. The summed E-state index contributed by atoms with van der Waals surface area (Å²) in [5.74, 6) is -4.32. The number of aromatic nitrogens is 1. The van der Waals surface area contributed by atoms with Crippen molar-refractivity contribution < 1.29 is 64.5 Å². The highest BCUT2D eigenvalue weighted by atomic mass is 32.2. The van der Waals surface area contributed by atoms with E-state index in [4.69, 9.17) is 14.7 Å². The number of β-lactam (4-membered cyclic amide) rings is 1. The standard InChI is InChI=1S/C22H25N5O13S2/c1-2-7-4-41-18-11(17(35)27(18)12(7)19(36)37)24-16(34)10(26-39-3-9(29)30)8-5-42-21(23-8)25-22(6-28)15(33)13(31)14(32)20(38)40-22/h2,5,11,13-15,18,20,28,31-33,38H,1,3-4,6H2,(H,23,25)(H,24,34)(H,29,30)(H,36,37)/b26-10-/t11-,13-,14-,15+,18-,20+,22-/m1/s1. The number of carboxylic acid groups (broad SMARTS) is 2. The van der Waals surface area contributed by atoms with Crippen molar-refractivity contribution in [2.24, 2.45) is 5.16 Å². The van der Waals surface area contributed by atoms with Crippen LogP contribution in [-0.2, 0) is 28.8 Å². The second-order valence-corrected chi connectivity index (χ2v) is 11.0. The monoisotopic (exact) mass is 631 g/mol. The first kappa shape index (κ1) is 31.3. The lowest BCUT2D eigenvalue weighted by molar-refractivity contribution is -0.318. The molecule has 4 heterocycles. The van der Waals surface area contributed by atoms with Gasteiger partial charge in [0, 0.05) is 11.1 Å². The normalized spacial score (nSPS) is 31.1. The number of anilines is 1. The van der Waals surface area contributed by atoms with E-state index in [1.807, 2.05) is 0 Å². The third kappa shape index (κ3) is 5.70. The van der Waals surface area contributed by atoms with E-state index in [-0.39, 0.29) is 22.3 Å². The molecule has 0 radical (unpaired) electrons. The molecule has 0 aliphatic carbocycles. The molecule has 228 valence electrons. The van der Waals surface area contributed by atoms with E-state index < -0.39 is 84.4 Å². The number of fused-ring (bicyclic) bond motifs is 1. The number of ether oxygens (including phenoxy) is 1. The van der Waals surface area contributed by atoms with Gasteiger partial charge in [0.15, 0.2) is 22.9 Å². The van der Waals surface area contributed by atoms with Crippen LogP contribution in [0.25, 0.3) is 0 Å². The van der Waals surface area contributed by atoms with Crippen LogP contribution in [0.4, 0.5) is 5.13 Å². The average molecular weight is 632 g/mol.